The molecule has 17 heavy (non-hydrogen) atoms. The molecule has 1 heterocycles. The molecule has 0 aliphatic heterocycles. The second-order valence-electron chi connectivity index (χ2n) is 3.84. The van der Waals surface area contributed by atoms with Gasteiger partial charge in [-0.05, 0) is 13.3 Å². The van der Waals surface area contributed by atoms with E-state index in [4.69, 9.17) is 5.11 Å². The van der Waals surface area contributed by atoms with Crippen LogP contribution in [0.4, 0.5) is 0 Å². The van der Waals surface area contributed by atoms with Crippen molar-refractivity contribution < 1.29 is 14.7 Å². The summed E-state index contributed by atoms with van der Waals surface area (Å²) in [5.74, 6) is -0.124. The Hall–Kier alpha value is -1.85. The van der Waals surface area contributed by atoms with Crippen molar-refractivity contribution in [2.24, 2.45) is 0 Å². The molecule has 0 spiro atoms. The zero-order chi connectivity index (χ0) is 12.7. The number of carbonyl (C=O) groups is 2. The van der Waals surface area contributed by atoms with Crippen LogP contribution < -0.4 is 5.32 Å². The first kappa shape index (κ1) is 13.2. The fraction of sp³-hybridized carbons (Fsp3) is 0.545. The van der Waals surface area contributed by atoms with Gasteiger partial charge in [0.25, 0.3) is 0 Å². The second-order valence-corrected chi connectivity index (χ2v) is 3.84. The highest BCUT2D eigenvalue weighted by atomic mass is 16.4. The molecule has 0 radical (unpaired) electrons. The second kappa shape index (κ2) is 6.67. The first-order valence-electron chi connectivity index (χ1n) is 5.57. The molecule has 0 unspecified atom stereocenters. The number of aryl methyl sites for hydroxylation is 1. The molecule has 0 atom stereocenters. The van der Waals surface area contributed by atoms with Gasteiger partial charge in [-0.3, -0.25) is 9.59 Å². The van der Waals surface area contributed by atoms with Crippen LogP contribution >= 0.6 is 0 Å². The molecule has 0 saturated heterocycles. The van der Waals surface area contributed by atoms with Crippen LogP contribution in [0.1, 0.15) is 30.8 Å². The predicted molar refractivity (Wildman–Crippen MR) is 61.5 cm³/mol. The van der Waals surface area contributed by atoms with Gasteiger partial charge in [0.05, 0.1) is 0 Å². The van der Waals surface area contributed by atoms with Crippen LogP contribution in [0, 0.1) is 6.92 Å². The SMILES string of the molecule is Cc1ncc(CCNC(=O)CCCC(=O)O)[nH]1. The van der Waals surface area contributed by atoms with E-state index >= 15 is 0 Å². The molecule has 6 nitrogen and oxygen atoms in total. The van der Waals surface area contributed by atoms with E-state index in [1.165, 1.54) is 0 Å². The number of carboxylic acids is 1. The number of rotatable bonds is 7. The van der Waals surface area contributed by atoms with E-state index in [0.29, 0.717) is 19.4 Å². The van der Waals surface area contributed by atoms with Crippen molar-refractivity contribution in [1.82, 2.24) is 15.3 Å². The van der Waals surface area contributed by atoms with Gasteiger partial charge in [-0.2, -0.15) is 0 Å². The summed E-state index contributed by atoms with van der Waals surface area (Å²) in [5, 5.41) is 11.1. The van der Waals surface area contributed by atoms with Crippen molar-refractivity contribution in [3.05, 3.63) is 17.7 Å². The van der Waals surface area contributed by atoms with Crippen LogP contribution in [0.15, 0.2) is 6.20 Å². The quantitative estimate of drug-likeness (QED) is 0.650. The molecular formula is C11H17N3O3. The van der Waals surface area contributed by atoms with Gasteiger partial charge in [0, 0.05) is 37.7 Å². The van der Waals surface area contributed by atoms with Gasteiger partial charge in [-0.1, -0.05) is 0 Å². The van der Waals surface area contributed by atoms with Crippen molar-refractivity contribution in [1.29, 1.82) is 0 Å². The third-order valence-electron chi connectivity index (χ3n) is 2.27. The Balaban J connectivity index is 2.10. The lowest BCUT2D eigenvalue weighted by Crippen LogP contribution is -2.25. The summed E-state index contributed by atoms with van der Waals surface area (Å²) in [6.07, 6.45) is 3.11. The normalized spacial score (nSPS) is 10.2. The predicted octanol–water partition coefficient (Wildman–Crippen LogP) is 0.632. The molecule has 6 heteroatoms. The lowest BCUT2D eigenvalue weighted by molar-refractivity contribution is -0.137. The number of H-pyrrole nitrogens is 1. The number of nitrogens with one attached hydrogen (secondary N) is 2. The average Bonchev–Trinajstić information content (AvgIpc) is 2.63. The van der Waals surface area contributed by atoms with Crippen molar-refractivity contribution in [3.63, 3.8) is 0 Å². The van der Waals surface area contributed by atoms with Crippen LogP contribution in [-0.2, 0) is 16.0 Å². The van der Waals surface area contributed by atoms with Crippen molar-refractivity contribution in [3.8, 4) is 0 Å². The van der Waals surface area contributed by atoms with Crippen LogP contribution in [0.3, 0.4) is 0 Å². The Labute approximate surface area is 99.4 Å². The van der Waals surface area contributed by atoms with Gasteiger partial charge in [-0.15, -0.1) is 0 Å². The van der Waals surface area contributed by atoms with Gasteiger partial charge >= 0.3 is 5.97 Å². The molecule has 3 N–H and O–H groups in total. The zero-order valence-electron chi connectivity index (χ0n) is 9.82. The Morgan fingerprint density at radius 1 is 1.47 bits per heavy atom. The molecule has 0 saturated carbocycles. The smallest absolute Gasteiger partial charge is 0.303 e. The van der Waals surface area contributed by atoms with Gasteiger partial charge in [0.1, 0.15) is 5.82 Å². The maximum absolute atomic E-state index is 11.3. The highest BCUT2D eigenvalue weighted by Crippen LogP contribution is 1.97. The topological polar surface area (TPSA) is 95.1 Å². The standard InChI is InChI=1S/C11H17N3O3/c1-8-13-7-9(14-8)5-6-12-10(15)3-2-4-11(16)17/h7H,2-6H2,1H3,(H,12,15)(H,13,14)(H,16,17). The van der Waals surface area contributed by atoms with E-state index in [1.807, 2.05) is 6.92 Å². The van der Waals surface area contributed by atoms with E-state index in [0.717, 1.165) is 11.5 Å². The average molecular weight is 239 g/mol. The number of amides is 1. The van der Waals surface area contributed by atoms with Gasteiger partial charge in [-0.25, -0.2) is 4.98 Å². The maximum Gasteiger partial charge on any atom is 0.303 e. The number of aromatic nitrogens is 2. The first-order chi connectivity index (χ1) is 8.08. The van der Waals surface area contributed by atoms with Crippen molar-refractivity contribution in [2.45, 2.75) is 32.6 Å². The van der Waals surface area contributed by atoms with Crippen LogP contribution in [0.25, 0.3) is 0 Å². The van der Waals surface area contributed by atoms with E-state index in [2.05, 4.69) is 15.3 Å². The number of hydrogen-bond donors (Lipinski definition) is 3. The van der Waals surface area contributed by atoms with Crippen molar-refractivity contribution >= 4 is 11.9 Å². The number of imidazole rings is 1. The molecular weight excluding hydrogens is 222 g/mol. The van der Waals surface area contributed by atoms with E-state index in [1.54, 1.807) is 6.20 Å². The Bertz CT molecular complexity index is 387. The maximum atomic E-state index is 11.3. The number of nitrogens with zero attached hydrogens (tertiary/aromatic N) is 1. The largest absolute Gasteiger partial charge is 0.481 e. The lowest BCUT2D eigenvalue weighted by atomic mass is 10.2. The first-order valence-corrected chi connectivity index (χ1v) is 5.57. The van der Waals surface area contributed by atoms with Gasteiger partial charge in [0.15, 0.2) is 0 Å². The third-order valence-corrected chi connectivity index (χ3v) is 2.27. The molecule has 0 aromatic carbocycles. The van der Waals surface area contributed by atoms with Crippen LogP contribution in [0.5, 0.6) is 0 Å². The molecule has 0 bridgehead atoms. The molecule has 0 fully saturated rings. The summed E-state index contributed by atoms with van der Waals surface area (Å²) >= 11 is 0. The number of carboxylic acid groups (broad SMARTS) is 1. The molecule has 1 aromatic heterocycles. The lowest BCUT2D eigenvalue weighted by Gasteiger charge is -2.03. The number of hydrogen-bond acceptors (Lipinski definition) is 3. The van der Waals surface area contributed by atoms with E-state index in [-0.39, 0.29) is 18.7 Å². The van der Waals surface area contributed by atoms with E-state index in [9.17, 15) is 9.59 Å². The zero-order valence-corrected chi connectivity index (χ0v) is 9.82. The highest BCUT2D eigenvalue weighted by Gasteiger charge is 2.03. The fourth-order valence-corrected chi connectivity index (χ4v) is 1.42. The minimum Gasteiger partial charge on any atom is -0.481 e. The molecule has 0 aliphatic rings. The highest BCUT2D eigenvalue weighted by molar-refractivity contribution is 5.76. The monoisotopic (exact) mass is 239 g/mol. The van der Waals surface area contributed by atoms with Crippen LogP contribution in [-0.4, -0.2) is 33.5 Å². The summed E-state index contributed by atoms with van der Waals surface area (Å²) < 4.78 is 0. The van der Waals surface area contributed by atoms with E-state index < -0.39 is 5.97 Å². The summed E-state index contributed by atoms with van der Waals surface area (Å²) in [6, 6.07) is 0. The summed E-state index contributed by atoms with van der Waals surface area (Å²) in [6.45, 7) is 2.40. The molecule has 1 aromatic rings. The van der Waals surface area contributed by atoms with Gasteiger partial charge in [0.2, 0.25) is 5.91 Å². The number of carbonyl (C=O) groups excluding carboxylic acids is 1. The molecule has 0 aliphatic carbocycles. The van der Waals surface area contributed by atoms with Crippen molar-refractivity contribution in [2.75, 3.05) is 6.54 Å². The fourth-order valence-electron chi connectivity index (χ4n) is 1.42. The Morgan fingerprint density at radius 2 is 2.24 bits per heavy atom. The molecule has 94 valence electrons. The summed E-state index contributed by atoms with van der Waals surface area (Å²) in [4.78, 5) is 28.6. The molecule has 1 rings (SSSR count). The summed E-state index contributed by atoms with van der Waals surface area (Å²) in [5.41, 5.74) is 0.980. The Kier molecular flexibility index (Phi) is 5.19. The third kappa shape index (κ3) is 5.70. The molecule has 1 amide bonds. The minimum atomic E-state index is -0.870. The Morgan fingerprint density at radius 3 is 2.82 bits per heavy atom. The number of aromatic amines is 1. The number of aliphatic carboxylic acids is 1. The van der Waals surface area contributed by atoms with Crippen LogP contribution in [0.2, 0.25) is 0 Å². The summed E-state index contributed by atoms with van der Waals surface area (Å²) in [7, 11) is 0. The van der Waals surface area contributed by atoms with Gasteiger partial charge < -0.3 is 15.4 Å². The minimum absolute atomic E-state index is 0.0349.